The predicted octanol–water partition coefficient (Wildman–Crippen LogP) is 3.45. The Morgan fingerprint density at radius 1 is 1.03 bits per heavy atom. The highest BCUT2D eigenvalue weighted by molar-refractivity contribution is 5.66. The van der Waals surface area contributed by atoms with E-state index >= 15 is 0 Å². The van der Waals surface area contributed by atoms with Crippen molar-refractivity contribution in [3.05, 3.63) is 0 Å². The van der Waals surface area contributed by atoms with Crippen LogP contribution >= 0.6 is 0 Å². The van der Waals surface area contributed by atoms with E-state index in [0.717, 1.165) is 44.9 Å². The molecule has 2 unspecified atom stereocenters. The number of hydrogen-bond acceptors (Lipinski definition) is 4. The molecule has 0 aromatic heterocycles. The molecule has 166 valence electrons. The summed E-state index contributed by atoms with van der Waals surface area (Å²) in [5, 5.41) is 42.0. The van der Waals surface area contributed by atoms with Crippen LogP contribution in [0.15, 0.2) is 0 Å². The molecular weight excluding hydrogens is 368 g/mol. The standard InChI is InChI=1S/C24H40O5/c1-13(4-7-21(28)29)16-5-6-17-22-18(12-20(27)24(16,17)3)23(2)9-8-15(25)10-14(23)11-19(22)26/h13-20,22,25-27H,4-12H2,1-3H3,(H,28,29)/t13-,14-,15-,16-,17+,18?,19-,20+,22?,23+,24-/m1/s1. The van der Waals surface area contributed by atoms with Crippen molar-refractivity contribution >= 4 is 5.97 Å². The van der Waals surface area contributed by atoms with Crippen molar-refractivity contribution in [1.82, 2.24) is 0 Å². The van der Waals surface area contributed by atoms with E-state index in [2.05, 4.69) is 20.8 Å². The second-order valence-electron chi connectivity index (χ2n) is 11.4. The monoisotopic (exact) mass is 408 g/mol. The lowest BCUT2D eigenvalue weighted by atomic mass is 9.43. The van der Waals surface area contributed by atoms with Gasteiger partial charge in [0.15, 0.2) is 0 Å². The molecule has 29 heavy (non-hydrogen) atoms. The molecule has 0 aromatic rings. The van der Waals surface area contributed by atoms with Gasteiger partial charge in [0.1, 0.15) is 0 Å². The van der Waals surface area contributed by atoms with Crippen molar-refractivity contribution in [3.63, 3.8) is 0 Å². The topological polar surface area (TPSA) is 98.0 Å². The van der Waals surface area contributed by atoms with Crippen molar-refractivity contribution in [2.45, 2.75) is 96.9 Å². The van der Waals surface area contributed by atoms with Crippen molar-refractivity contribution in [1.29, 1.82) is 0 Å². The summed E-state index contributed by atoms with van der Waals surface area (Å²) < 4.78 is 0. The summed E-state index contributed by atoms with van der Waals surface area (Å²) in [5.41, 5.74) is -0.143. The molecule has 5 nitrogen and oxygen atoms in total. The first-order chi connectivity index (χ1) is 13.6. The molecule has 4 aliphatic rings. The molecule has 0 aromatic carbocycles. The van der Waals surface area contributed by atoms with Crippen LogP contribution in [0.25, 0.3) is 0 Å². The van der Waals surface area contributed by atoms with Crippen molar-refractivity contribution in [3.8, 4) is 0 Å². The highest BCUT2D eigenvalue weighted by Gasteiger charge is 2.65. The molecule has 0 heterocycles. The second-order valence-corrected chi connectivity index (χ2v) is 11.4. The molecule has 4 rings (SSSR count). The first-order valence-corrected chi connectivity index (χ1v) is 11.8. The van der Waals surface area contributed by atoms with Gasteiger partial charge in [0.05, 0.1) is 18.3 Å². The molecule has 4 fully saturated rings. The van der Waals surface area contributed by atoms with Gasteiger partial charge in [0, 0.05) is 6.42 Å². The Kier molecular flexibility index (Phi) is 5.57. The van der Waals surface area contributed by atoms with E-state index in [1.165, 1.54) is 0 Å². The molecule has 0 bridgehead atoms. The second kappa shape index (κ2) is 7.49. The normalized spacial score (nSPS) is 52.9. The zero-order chi connectivity index (χ0) is 21.1. The summed E-state index contributed by atoms with van der Waals surface area (Å²) in [4.78, 5) is 11.1. The molecule has 0 saturated heterocycles. The fourth-order valence-electron chi connectivity index (χ4n) is 8.68. The van der Waals surface area contributed by atoms with E-state index in [1.54, 1.807) is 0 Å². The predicted molar refractivity (Wildman–Crippen MR) is 110 cm³/mol. The maximum absolute atomic E-state index is 11.5. The number of hydrogen-bond donors (Lipinski definition) is 4. The summed E-state index contributed by atoms with van der Waals surface area (Å²) in [5.74, 6) is 0.997. The van der Waals surface area contributed by atoms with Gasteiger partial charge in [-0.15, -0.1) is 0 Å². The number of aliphatic hydroxyl groups is 3. The summed E-state index contributed by atoms with van der Waals surface area (Å²) >= 11 is 0. The molecule has 0 radical (unpaired) electrons. The lowest BCUT2D eigenvalue weighted by Gasteiger charge is -2.63. The third-order valence-electron chi connectivity index (χ3n) is 10.3. The van der Waals surface area contributed by atoms with E-state index in [-0.39, 0.29) is 41.3 Å². The summed E-state index contributed by atoms with van der Waals surface area (Å²) in [6.07, 6.45) is 6.00. The third-order valence-corrected chi connectivity index (χ3v) is 10.3. The summed E-state index contributed by atoms with van der Waals surface area (Å²) in [6, 6.07) is 0. The minimum Gasteiger partial charge on any atom is -0.481 e. The van der Waals surface area contributed by atoms with Gasteiger partial charge in [0.2, 0.25) is 0 Å². The van der Waals surface area contributed by atoms with Gasteiger partial charge in [-0.25, -0.2) is 0 Å². The van der Waals surface area contributed by atoms with E-state index in [1.807, 2.05) is 0 Å². The zero-order valence-electron chi connectivity index (χ0n) is 18.3. The van der Waals surface area contributed by atoms with Gasteiger partial charge in [-0.2, -0.15) is 0 Å². The largest absolute Gasteiger partial charge is 0.481 e. The Balaban J connectivity index is 1.61. The lowest BCUT2D eigenvalue weighted by molar-refractivity contribution is -0.207. The fraction of sp³-hybridized carbons (Fsp3) is 0.958. The van der Waals surface area contributed by atoms with Gasteiger partial charge in [0.25, 0.3) is 0 Å². The molecule has 5 heteroatoms. The van der Waals surface area contributed by atoms with E-state index < -0.39 is 12.1 Å². The number of carbonyl (C=O) groups is 1. The molecule has 0 spiro atoms. The number of aliphatic carboxylic acids is 1. The van der Waals surface area contributed by atoms with E-state index in [9.17, 15) is 20.1 Å². The molecular formula is C24H40O5. The van der Waals surface area contributed by atoms with E-state index in [4.69, 9.17) is 5.11 Å². The molecule has 0 amide bonds. The Morgan fingerprint density at radius 2 is 1.76 bits per heavy atom. The molecule has 11 atom stereocenters. The highest BCUT2D eigenvalue weighted by atomic mass is 16.4. The first-order valence-electron chi connectivity index (χ1n) is 11.8. The lowest BCUT2D eigenvalue weighted by Crippen LogP contribution is -2.62. The Bertz CT molecular complexity index is 637. The molecule has 4 saturated carbocycles. The molecule has 4 N–H and O–H groups in total. The average molecular weight is 409 g/mol. The van der Waals surface area contributed by atoms with Crippen LogP contribution in [0.4, 0.5) is 0 Å². The van der Waals surface area contributed by atoms with Gasteiger partial charge in [-0.1, -0.05) is 20.8 Å². The number of carboxylic acids is 1. The Hall–Kier alpha value is -0.650. The maximum Gasteiger partial charge on any atom is 0.303 e. The molecule has 4 aliphatic carbocycles. The van der Waals surface area contributed by atoms with Crippen LogP contribution in [-0.4, -0.2) is 44.7 Å². The van der Waals surface area contributed by atoms with E-state index in [0.29, 0.717) is 30.1 Å². The smallest absolute Gasteiger partial charge is 0.303 e. The van der Waals surface area contributed by atoms with Crippen LogP contribution in [0.3, 0.4) is 0 Å². The summed E-state index contributed by atoms with van der Waals surface area (Å²) in [7, 11) is 0. The average Bonchev–Trinajstić information content (AvgIpc) is 3.01. The van der Waals surface area contributed by atoms with Gasteiger partial charge in [-0.3, -0.25) is 4.79 Å². The molecule has 0 aliphatic heterocycles. The van der Waals surface area contributed by atoms with Crippen LogP contribution in [0, 0.1) is 46.3 Å². The van der Waals surface area contributed by atoms with Crippen LogP contribution in [0.5, 0.6) is 0 Å². The quantitative estimate of drug-likeness (QED) is 0.571. The van der Waals surface area contributed by atoms with Crippen molar-refractivity contribution < 1.29 is 25.2 Å². The number of fused-ring (bicyclic) bond motifs is 5. The van der Waals surface area contributed by atoms with Crippen molar-refractivity contribution in [2.75, 3.05) is 0 Å². The minimum atomic E-state index is -0.748. The summed E-state index contributed by atoms with van der Waals surface area (Å²) in [6.45, 7) is 6.72. The Morgan fingerprint density at radius 3 is 2.45 bits per heavy atom. The zero-order valence-corrected chi connectivity index (χ0v) is 18.3. The Labute approximate surface area is 174 Å². The van der Waals surface area contributed by atoms with Crippen LogP contribution in [0.2, 0.25) is 0 Å². The minimum absolute atomic E-state index is 0.0957. The number of carboxylic acid groups (broad SMARTS) is 1. The fourth-order valence-corrected chi connectivity index (χ4v) is 8.68. The first kappa shape index (κ1) is 21.6. The maximum atomic E-state index is 11.5. The van der Waals surface area contributed by atoms with Crippen LogP contribution in [0.1, 0.15) is 78.6 Å². The van der Waals surface area contributed by atoms with Crippen LogP contribution in [-0.2, 0) is 4.79 Å². The SMILES string of the molecule is C[C@H](CCC(=O)O)[C@H]1CC[C@H]2C3C(C[C@H](O)[C@]12C)[C@@]1(C)CC[C@@H](O)C[C@@H]1C[C@H]3O. The number of aliphatic hydroxyl groups excluding tert-OH is 3. The third kappa shape index (κ3) is 3.27. The van der Waals surface area contributed by atoms with Gasteiger partial charge >= 0.3 is 5.97 Å². The number of rotatable bonds is 4. The van der Waals surface area contributed by atoms with Crippen LogP contribution < -0.4 is 0 Å². The van der Waals surface area contributed by atoms with Gasteiger partial charge in [-0.05, 0) is 97.7 Å². The van der Waals surface area contributed by atoms with Crippen molar-refractivity contribution in [2.24, 2.45) is 46.3 Å². The van der Waals surface area contributed by atoms with Gasteiger partial charge < -0.3 is 20.4 Å². The highest BCUT2D eigenvalue weighted by Crippen LogP contribution is 2.68.